The summed E-state index contributed by atoms with van der Waals surface area (Å²) in [7, 11) is 0. The number of fused-ring (bicyclic) bond motifs is 8. The van der Waals surface area contributed by atoms with Crippen molar-refractivity contribution < 1.29 is 26.3 Å². The van der Waals surface area contributed by atoms with Crippen molar-refractivity contribution in [2.75, 3.05) is 0 Å². The third-order valence-corrected chi connectivity index (χ3v) is 10.4. The fraction of sp³-hybridized carbons (Fsp3) is 0.0417. The van der Waals surface area contributed by atoms with E-state index in [4.69, 9.17) is 9.97 Å². The number of nitrogens with zero attached hydrogens (tertiary/aromatic N) is 2. The van der Waals surface area contributed by atoms with Gasteiger partial charge in [-0.25, -0.2) is 18.7 Å². The van der Waals surface area contributed by atoms with Gasteiger partial charge in [-0.1, -0.05) is 121 Å². The predicted octanol–water partition coefficient (Wildman–Crippen LogP) is 14.4. The molecule has 0 aliphatic carbocycles. The highest BCUT2D eigenvalue weighted by molar-refractivity contribution is 6.22. The zero-order chi connectivity index (χ0) is 40.9. The molecule has 4 nitrogen and oxygen atoms in total. The molecule has 2 N–H and O–H groups in total. The van der Waals surface area contributed by atoms with Crippen LogP contribution in [0.15, 0.2) is 145 Å². The average Bonchev–Trinajstić information content (AvgIpc) is 4.09. The van der Waals surface area contributed by atoms with Gasteiger partial charge in [0.15, 0.2) is 5.83 Å². The summed E-state index contributed by atoms with van der Waals surface area (Å²) in [6.07, 6.45) is 7.28. The SMILES string of the molecule is F/C(=C(/F)C(F)(F)C(F)(F)Cl)c1cc2[nH]c1c(-c1ccccc1)c1nc(c(-c3ccccc3)c3nc(c(-c4ccccc4)c4ccc([nH]4)c2-c2ccccc2)C=C3)C=C1. The maximum Gasteiger partial charge on any atom is 0.391 e. The second-order valence-corrected chi connectivity index (χ2v) is 14.3. The first-order chi connectivity index (χ1) is 28.5. The van der Waals surface area contributed by atoms with E-state index in [-0.39, 0.29) is 22.3 Å². The Hall–Kier alpha value is -6.91. The molecule has 0 fully saturated rings. The van der Waals surface area contributed by atoms with Crippen LogP contribution in [0.4, 0.5) is 26.3 Å². The summed E-state index contributed by atoms with van der Waals surface area (Å²) >= 11 is 4.69. The Kier molecular flexibility index (Phi) is 9.44. The molecule has 290 valence electrons. The molecule has 8 bridgehead atoms. The van der Waals surface area contributed by atoms with Crippen molar-refractivity contribution in [3.63, 3.8) is 0 Å². The highest BCUT2D eigenvalue weighted by Gasteiger charge is 2.60. The highest BCUT2D eigenvalue weighted by atomic mass is 35.5. The standard InChI is InChI=1S/C48H29ClF6N4/c49-48(54,55)47(52,53)46(51)44(50)32-27-39-42(30-17-9-3-10-18-30)37-24-23-35(57-37)40(28-13-5-1-6-14-28)33-21-22-34(56-33)41(29-15-7-2-8-16-29)36-25-26-38(58-36)43(45(32)59-39)31-19-11-4-12-20-31/h1-27,57,59H/b40-33?,40-35?,41-34?,41-36?,42-37?,42-39?,43-38?,45-43?,46-44+. The molecule has 59 heavy (non-hydrogen) atoms. The first-order valence-electron chi connectivity index (χ1n) is 18.4. The van der Waals surface area contributed by atoms with Gasteiger partial charge >= 0.3 is 11.3 Å². The fourth-order valence-electron chi connectivity index (χ4n) is 7.47. The summed E-state index contributed by atoms with van der Waals surface area (Å²) in [6, 6.07) is 41.5. The minimum absolute atomic E-state index is 0.150. The van der Waals surface area contributed by atoms with E-state index < -0.39 is 28.5 Å². The molecular weight excluding hydrogens is 782 g/mol. The number of hydrogen-bond donors (Lipinski definition) is 2. The first-order valence-corrected chi connectivity index (χ1v) is 18.8. The number of hydrogen-bond acceptors (Lipinski definition) is 2. The molecule has 4 aromatic carbocycles. The molecule has 2 aliphatic rings. The zero-order valence-electron chi connectivity index (χ0n) is 30.6. The average molecular weight is 811 g/mol. The minimum Gasteiger partial charge on any atom is -0.354 e. The summed E-state index contributed by atoms with van der Waals surface area (Å²) in [5.74, 6) is -11.0. The van der Waals surface area contributed by atoms with Gasteiger partial charge < -0.3 is 9.97 Å². The lowest BCUT2D eigenvalue weighted by molar-refractivity contribution is -0.141. The van der Waals surface area contributed by atoms with Gasteiger partial charge in [0.2, 0.25) is 5.83 Å². The predicted molar refractivity (Wildman–Crippen MR) is 225 cm³/mol. The van der Waals surface area contributed by atoms with E-state index in [1.807, 2.05) is 84.9 Å². The van der Waals surface area contributed by atoms with Gasteiger partial charge in [0.1, 0.15) is 0 Å². The number of alkyl halides is 5. The van der Waals surface area contributed by atoms with Crippen LogP contribution in [0.3, 0.4) is 0 Å². The largest absolute Gasteiger partial charge is 0.391 e. The monoisotopic (exact) mass is 810 g/mol. The lowest BCUT2D eigenvalue weighted by Gasteiger charge is -2.19. The van der Waals surface area contributed by atoms with Gasteiger partial charge in [-0.15, -0.1) is 0 Å². The fourth-order valence-corrected chi connectivity index (χ4v) is 7.56. The molecular formula is C48H29ClF6N4. The van der Waals surface area contributed by atoms with Crippen LogP contribution in [0.1, 0.15) is 28.3 Å². The Bertz CT molecular complexity index is 3010. The van der Waals surface area contributed by atoms with Crippen LogP contribution < -0.4 is 0 Å². The van der Waals surface area contributed by atoms with Gasteiger partial charge in [-0.3, -0.25) is 0 Å². The van der Waals surface area contributed by atoms with E-state index in [9.17, 15) is 17.6 Å². The molecule has 5 heterocycles. The number of allylic oxidation sites excluding steroid dienone is 1. The quantitative estimate of drug-likeness (QED) is 0.124. The third-order valence-electron chi connectivity index (χ3n) is 10.2. The van der Waals surface area contributed by atoms with Gasteiger partial charge in [-0.05, 0) is 76.4 Å². The van der Waals surface area contributed by atoms with Crippen LogP contribution in [0.5, 0.6) is 0 Å². The number of aromatic nitrogens is 4. The van der Waals surface area contributed by atoms with Gasteiger partial charge in [0.25, 0.3) is 0 Å². The number of halogens is 7. The number of nitrogens with one attached hydrogen (secondary N) is 2. The van der Waals surface area contributed by atoms with Crippen molar-refractivity contribution in [2.45, 2.75) is 11.3 Å². The van der Waals surface area contributed by atoms with Crippen LogP contribution in [-0.4, -0.2) is 31.2 Å². The molecule has 9 rings (SSSR count). The Morgan fingerprint density at radius 3 is 1.32 bits per heavy atom. The van der Waals surface area contributed by atoms with Crippen LogP contribution in [0.25, 0.3) is 96.7 Å². The summed E-state index contributed by atoms with van der Waals surface area (Å²) in [5.41, 5.74) is 7.08. The summed E-state index contributed by atoms with van der Waals surface area (Å²) in [5, 5.41) is -5.44. The van der Waals surface area contributed by atoms with E-state index in [0.29, 0.717) is 50.4 Å². The topological polar surface area (TPSA) is 57.4 Å². The molecule has 2 aliphatic heterocycles. The van der Waals surface area contributed by atoms with E-state index in [1.165, 1.54) is 0 Å². The molecule has 0 atom stereocenters. The molecule has 0 unspecified atom stereocenters. The molecule has 0 radical (unpaired) electrons. The number of benzene rings is 4. The zero-order valence-corrected chi connectivity index (χ0v) is 31.4. The number of rotatable bonds is 7. The molecule has 3 aromatic heterocycles. The summed E-state index contributed by atoms with van der Waals surface area (Å²) in [6.45, 7) is 0. The number of H-pyrrole nitrogens is 2. The van der Waals surface area contributed by atoms with Crippen LogP contribution in [-0.2, 0) is 0 Å². The van der Waals surface area contributed by atoms with Crippen LogP contribution >= 0.6 is 11.6 Å². The molecule has 0 saturated heterocycles. The molecule has 0 spiro atoms. The van der Waals surface area contributed by atoms with Crippen molar-refractivity contribution in [3.05, 3.63) is 174 Å². The Morgan fingerprint density at radius 2 is 0.847 bits per heavy atom. The summed E-state index contributed by atoms with van der Waals surface area (Å²) in [4.78, 5) is 17.0. The Balaban J connectivity index is 1.54. The lowest BCUT2D eigenvalue weighted by atomic mass is 10.0. The van der Waals surface area contributed by atoms with E-state index in [1.54, 1.807) is 72.8 Å². The minimum atomic E-state index is -5.70. The van der Waals surface area contributed by atoms with Gasteiger partial charge in [0, 0.05) is 44.4 Å². The molecule has 11 heteroatoms. The van der Waals surface area contributed by atoms with E-state index in [0.717, 1.165) is 22.8 Å². The van der Waals surface area contributed by atoms with Crippen LogP contribution in [0, 0.1) is 0 Å². The van der Waals surface area contributed by atoms with E-state index in [2.05, 4.69) is 21.6 Å². The van der Waals surface area contributed by atoms with Crippen molar-refractivity contribution in [1.82, 2.24) is 19.9 Å². The van der Waals surface area contributed by atoms with E-state index >= 15 is 8.78 Å². The smallest absolute Gasteiger partial charge is 0.354 e. The molecule has 0 saturated carbocycles. The highest BCUT2D eigenvalue weighted by Crippen LogP contribution is 2.48. The van der Waals surface area contributed by atoms with Crippen molar-refractivity contribution >= 4 is 63.8 Å². The molecule has 7 aromatic rings. The third kappa shape index (κ3) is 6.75. The maximum atomic E-state index is 16.6. The summed E-state index contributed by atoms with van der Waals surface area (Å²) < 4.78 is 90.2. The van der Waals surface area contributed by atoms with Crippen molar-refractivity contribution in [2.24, 2.45) is 0 Å². The second kappa shape index (κ2) is 14.8. The lowest BCUT2D eigenvalue weighted by Crippen LogP contribution is -2.36. The second-order valence-electron chi connectivity index (χ2n) is 13.9. The van der Waals surface area contributed by atoms with Crippen molar-refractivity contribution in [1.29, 1.82) is 0 Å². The van der Waals surface area contributed by atoms with Gasteiger partial charge in [0.05, 0.1) is 28.3 Å². The van der Waals surface area contributed by atoms with Gasteiger partial charge in [-0.2, -0.15) is 17.6 Å². The number of aromatic amines is 2. The Labute approximate surface area is 338 Å². The normalized spacial score (nSPS) is 13.1. The first kappa shape index (κ1) is 37.7. The maximum absolute atomic E-state index is 16.6. The van der Waals surface area contributed by atoms with Crippen molar-refractivity contribution in [3.8, 4) is 44.5 Å². The molecule has 0 amide bonds. The van der Waals surface area contributed by atoms with Crippen LogP contribution in [0.2, 0.25) is 0 Å². The Morgan fingerprint density at radius 1 is 0.458 bits per heavy atom.